The molecule has 33 heavy (non-hydrogen) atoms. The van der Waals surface area contributed by atoms with Crippen LogP contribution in [0.3, 0.4) is 0 Å². The SMILES string of the molecule is CC.CC(C)(C)OC(=O)N1CCN(c2ccc(C(=N)S(=O)(=O)c3ccccc3)c(N)c2)CC1. The third kappa shape index (κ3) is 6.47. The van der Waals surface area contributed by atoms with Crippen LogP contribution in [0.1, 0.15) is 40.2 Å². The smallest absolute Gasteiger partial charge is 0.410 e. The Balaban J connectivity index is 0.00000187. The Bertz CT molecular complexity index is 1070. The van der Waals surface area contributed by atoms with Gasteiger partial charge in [-0.05, 0) is 51.1 Å². The van der Waals surface area contributed by atoms with E-state index in [0.717, 1.165) is 5.69 Å². The van der Waals surface area contributed by atoms with Gasteiger partial charge >= 0.3 is 6.09 Å². The van der Waals surface area contributed by atoms with E-state index in [2.05, 4.69) is 4.90 Å². The van der Waals surface area contributed by atoms with Crippen LogP contribution in [0.2, 0.25) is 0 Å². The van der Waals surface area contributed by atoms with E-state index in [9.17, 15) is 13.2 Å². The zero-order valence-electron chi connectivity index (χ0n) is 20.0. The van der Waals surface area contributed by atoms with Gasteiger partial charge in [0.2, 0.25) is 9.84 Å². The summed E-state index contributed by atoms with van der Waals surface area (Å²) in [7, 11) is -3.95. The molecule has 2 aromatic rings. The highest BCUT2D eigenvalue weighted by atomic mass is 32.2. The number of nitrogen functional groups attached to an aromatic ring is 1. The normalized spacial score (nSPS) is 14.2. The van der Waals surface area contributed by atoms with Crippen molar-refractivity contribution in [2.24, 2.45) is 0 Å². The van der Waals surface area contributed by atoms with Gasteiger partial charge in [0.1, 0.15) is 5.60 Å². The second kappa shape index (κ2) is 10.7. The van der Waals surface area contributed by atoms with E-state index < -0.39 is 20.5 Å². The standard InChI is InChI=1S/C22H28N4O4S.C2H6/c1-22(2,3)30-21(27)26-13-11-25(12-14-26)16-9-10-18(19(23)15-16)20(24)31(28,29)17-7-5-4-6-8-17;1-2/h4-10,15,24H,11-14,23H2,1-3H3;1-2H3. The molecule has 0 aromatic heterocycles. The molecule has 0 unspecified atom stereocenters. The minimum Gasteiger partial charge on any atom is -0.444 e. The Morgan fingerprint density at radius 3 is 2.09 bits per heavy atom. The fraction of sp³-hybridized carbons (Fsp3) is 0.417. The predicted molar refractivity (Wildman–Crippen MR) is 133 cm³/mol. The number of nitrogens with two attached hydrogens (primary N) is 1. The molecular formula is C24H34N4O4S. The van der Waals surface area contributed by atoms with Gasteiger partial charge in [-0.2, -0.15) is 0 Å². The summed E-state index contributed by atoms with van der Waals surface area (Å²) in [5, 5.41) is 7.70. The first-order valence-corrected chi connectivity index (χ1v) is 12.5. The first-order chi connectivity index (χ1) is 15.5. The van der Waals surface area contributed by atoms with Crippen LogP contribution < -0.4 is 10.6 Å². The van der Waals surface area contributed by atoms with Crippen molar-refractivity contribution in [2.75, 3.05) is 36.8 Å². The summed E-state index contributed by atoms with van der Waals surface area (Å²) in [6.07, 6.45) is -0.332. The molecule has 9 heteroatoms. The third-order valence-corrected chi connectivity index (χ3v) is 6.55. The number of sulfone groups is 1. The number of carbonyl (C=O) groups excluding carboxylic acids is 1. The van der Waals surface area contributed by atoms with E-state index in [1.54, 1.807) is 41.3 Å². The molecular weight excluding hydrogens is 440 g/mol. The fourth-order valence-corrected chi connectivity index (χ4v) is 4.52. The largest absolute Gasteiger partial charge is 0.444 e. The second-order valence-corrected chi connectivity index (χ2v) is 10.3. The van der Waals surface area contributed by atoms with E-state index >= 15 is 0 Å². The monoisotopic (exact) mass is 474 g/mol. The van der Waals surface area contributed by atoms with E-state index in [0.29, 0.717) is 26.2 Å². The van der Waals surface area contributed by atoms with Crippen LogP contribution in [0, 0.1) is 5.41 Å². The molecule has 3 N–H and O–H groups in total. The van der Waals surface area contributed by atoms with Crippen LogP contribution >= 0.6 is 0 Å². The maximum Gasteiger partial charge on any atom is 0.410 e. The number of amides is 1. The van der Waals surface area contributed by atoms with Crippen LogP contribution in [0.5, 0.6) is 0 Å². The van der Waals surface area contributed by atoms with Gasteiger partial charge in [0.15, 0.2) is 5.04 Å². The van der Waals surface area contributed by atoms with Crippen molar-refractivity contribution in [3.05, 3.63) is 54.1 Å². The number of piperazine rings is 1. The molecule has 1 saturated heterocycles. The van der Waals surface area contributed by atoms with E-state index in [1.165, 1.54) is 12.1 Å². The lowest BCUT2D eigenvalue weighted by molar-refractivity contribution is 0.0240. The molecule has 0 spiro atoms. The molecule has 1 aliphatic heterocycles. The molecule has 1 amide bonds. The van der Waals surface area contributed by atoms with Gasteiger partial charge < -0.3 is 20.3 Å². The fourth-order valence-electron chi connectivity index (χ4n) is 3.29. The lowest BCUT2D eigenvalue weighted by Gasteiger charge is -2.37. The van der Waals surface area contributed by atoms with Crippen LogP contribution in [-0.2, 0) is 14.6 Å². The predicted octanol–water partition coefficient (Wildman–Crippen LogP) is 4.15. The number of anilines is 2. The van der Waals surface area contributed by atoms with Gasteiger partial charge in [-0.25, -0.2) is 13.2 Å². The molecule has 1 aliphatic rings. The van der Waals surface area contributed by atoms with Crippen molar-refractivity contribution < 1.29 is 17.9 Å². The number of hydrogen-bond acceptors (Lipinski definition) is 7. The highest BCUT2D eigenvalue weighted by Crippen LogP contribution is 2.26. The van der Waals surface area contributed by atoms with Crippen molar-refractivity contribution >= 4 is 32.3 Å². The summed E-state index contributed by atoms with van der Waals surface area (Å²) >= 11 is 0. The van der Waals surface area contributed by atoms with Crippen molar-refractivity contribution in [3.63, 3.8) is 0 Å². The average molecular weight is 475 g/mol. The molecule has 1 fully saturated rings. The molecule has 0 saturated carbocycles. The lowest BCUT2D eigenvalue weighted by Crippen LogP contribution is -2.50. The number of hydrogen-bond donors (Lipinski definition) is 2. The van der Waals surface area contributed by atoms with E-state index in [-0.39, 0.29) is 22.2 Å². The average Bonchev–Trinajstić information content (AvgIpc) is 2.79. The molecule has 2 aromatic carbocycles. The highest BCUT2D eigenvalue weighted by Gasteiger charge is 2.27. The van der Waals surface area contributed by atoms with E-state index in [1.807, 2.05) is 34.6 Å². The summed E-state index contributed by atoms with van der Waals surface area (Å²) < 4.78 is 30.9. The summed E-state index contributed by atoms with van der Waals surface area (Å²) in [5.74, 6) is 0. The Hall–Kier alpha value is -3.07. The van der Waals surface area contributed by atoms with Gasteiger partial charge in [0, 0.05) is 43.1 Å². The molecule has 0 bridgehead atoms. The van der Waals surface area contributed by atoms with Gasteiger partial charge in [-0.15, -0.1) is 0 Å². The van der Waals surface area contributed by atoms with E-state index in [4.69, 9.17) is 15.9 Å². The summed E-state index contributed by atoms with van der Waals surface area (Å²) in [6.45, 7) is 11.7. The number of carbonyl (C=O) groups is 1. The Labute approximate surface area is 196 Å². The summed E-state index contributed by atoms with van der Waals surface area (Å²) in [6, 6.07) is 12.9. The molecule has 1 heterocycles. The van der Waals surface area contributed by atoms with Crippen LogP contribution in [0.15, 0.2) is 53.4 Å². The molecule has 0 radical (unpaired) electrons. The minimum absolute atomic E-state index is 0.0572. The minimum atomic E-state index is -3.95. The molecule has 180 valence electrons. The Morgan fingerprint density at radius 2 is 1.58 bits per heavy atom. The Morgan fingerprint density at radius 1 is 1.00 bits per heavy atom. The van der Waals surface area contributed by atoms with Crippen molar-refractivity contribution in [2.45, 2.75) is 45.1 Å². The molecule has 0 aliphatic carbocycles. The maximum absolute atomic E-state index is 12.7. The van der Waals surface area contributed by atoms with Gasteiger partial charge in [0.25, 0.3) is 0 Å². The first-order valence-electron chi connectivity index (χ1n) is 11.0. The third-order valence-electron chi connectivity index (χ3n) is 4.90. The van der Waals surface area contributed by atoms with Crippen LogP contribution in [0.25, 0.3) is 0 Å². The summed E-state index contributed by atoms with van der Waals surface area (Å²) in [4.78, 5) is 16.0. The quantitative estimate of drug-likeness (QED) is 0.392. The van der Waals surface area contributed by atoms with Crippen molar-refractivity contribution in [1.29, 1.82) is 5.41 Å². The molecule has 8 nitrogen and oxygen atoms in total. The first kappa shape index (κ1) is 26.2. The molecule has 0 atom stereocenters. The van der Waals surface area contributed by atoms with Gasteiger partial charge in [-0.1, -0.05) is 32.0 Å². The lowest BCUT2D eigenvalue weighted by atomic mass is 10.1. The number of nitrogens with zero attached hydrogens (tertiary/aromatic N) is 2. The number of benzene rings is 2. The van der Waals surface area contributed by atoms with Crippen molar-refractivity contribution in [3.8, 4) is 0 Å². The molecule has 3 rings (SSSR count). The zero-order valence-corrected chi connectivity index (χ0v) is 20.8. The van der Waals surface area contributed by atoms with Crippen molar-refractivity contribution in [1.82, 2.24) is 4.90 Å². The van der Waals surface area contributed by atoms with Crippen LogP contribution in [-0.4, -0.2) is 56.2 Å². The Kier molecular flexibility index (Phi) is 8.49. The topological polar surface area (TPSA) is 117 Å². The number of ether oxygens (including phenoxy) is 1. The van der Waals surface area contributed by atoms with Gasteiger partial charge in [-0.3, -0.25) is 5.41 Å². The number of rotatable bonds is 3. The summed E-state index contributed by atoms with van der Waals surface area (Å²) in [5.41, 5.74) is 6.79. The second-order valence-electron chi connectivity index (χ2n) is 8.37. The van der Waals surface area contributed by atoms with Crippen LogP contribution in [0.4, 0.5) is 16.2 Å². The zero-order chi connectivity index (χ0) is 24.8. The maximum atomic E-state index is 12.7. The highest BCUT2D eigenvalue weighted by molar-refractivity contribution is 8.06. The number of nitrogens with one attached hydrogen (secondary N) is 1. The van der Waals surface area contributed by atoms with Gasteiger partial charge in [0.05, 0.1) is 4.90 Å².